The summed E-state index contributed by atoms with van der Waals surface area (Å²) in [5, 5.41) is 14.7. The first-order valence-corrected chi connectivity index (χ1v) is 9.69. The van der Waals surface area contributed by atoms with Crippen molar-refractivity contribution in [1.29, 1.82) is 5.26 Å². The van der Waals surface area contributed by atoms with Crippen molar-refractivity contribution in [2.45, 2.75) is 58.1 Å². The summed E-state index contributed by atoms with van der Waals surface area (Å²) in [5.74, 6) is 0.384. The molecule has 1 fully saturated rings. The van der Waals surface area contributed by atoms with Gasteiger partial charge in [0.1, 0.15) is 17.4 Å². The van der Waals surface area contributed by atoms with Gasteiger partial charge in [-0.3, -0.25) is 4.79 Å². The molecule has 0 radical (unpaired) electrons. The van der Waals surface area contributed by atoms with Crippen LogP contribution in [0.15, 0.2) is 42.0 Å². The van der Waals surface area contributed by atoms with Gasteiger partial charge in [-0.2, -0.15) is 5.26 Å². The van der Waals surface area contributed by atoms with Crippen LogP contribution in [0.2, 0.25) is 0 Å². The van der Waals surface area contributed by atoms with Gasteiger partial charge < -0.3 is 10.1 Å². The monoisotopic (exact) mass is 362 g/mol. The molecular formula is C23H26N2O2. The third-order valence-electron chi connectivity index (χ3n) is 4.89. The molecule has 1 saturated carbocycles. The van der Waals surface area contributed by atoms with E-state index < -0.39 is 0 Å². The first-order valence-electron chi connectivity index (χ1n) is 9.69. The van der Waals surface area contributed by atoms with E-state index in [-0.39, 0.29) is 23.6 Å². The molecule has 1 N–H and O–H groups in total. The van der Waals surface area contributed by atoms with E-state index in [0.717, 1.165) is 42.0 Å². The number of benzene rings is 2. The van der Waals surface area contributed by atoms with Gasteiger partial charge in [-0.15, -0.1) is 0 Å². The fraction of sp³-hybridized carbons (Fsp3) is 0.391. The summed E-state index contributed by atoms with van der Waals surface area (Å²) in [5.41, 5.74) is 0.891. The van der Waals surface area contributed by atoms with Crippen LogP contribution in [0.1, 0.15) is 51.5 Å². The van der Waals surface area contributed by atoms with Crippen LogP contribution >= 0.6 is 0 Å². The van der Waals surface area contributed by atoms with E-state index in [2.05, 4.69) is 11.4 Å². The molecule has 27 heavy (non-hydrogen) atoms. The third-order valence-corrected chi connectivity index (χ3v) is 4.89. The fourth-order valence-electron chi connectivity index (χ4n) is 3.58. The Balaban J connectivity index is 1.97. The Bertz CT molecular complexity index is 887. The SMILES string of the molecule is CC(C)Oc1ccc2ccccc2c1C=C(C#N)C(=O)NC1CCCCC1. The van der Waals surface area contributed by atoms with E-state index in [0.29, 0.717) is 5.75 Å². The van der Waals surface area contributed by atoms with Crippen LogP contribution in [0, 0.1) is 11.3 Å². The summed E-state index contributed by atoms with van der Waals surface area (Å²) >= 11 is 0. The summed E-state index contributed by atoms with van der Waals surface area (Å²) in [6, 6.07) is 14.1. The molecule has 1 amide bonds. The Morgan fingerprint density at radius 1 is 1.19 bits per heavy atom. The Kier molecular flexibility index (Phi) is 6.13. The molecule has 3 rings (SSSR count). The molecule has 0 heterocycles. The van der Waals surface area contributed by atoms with E-state index >= 15 is 0 Å². The van der Waals surface area contributed by atoms with E-state index in [9.17, 15) is 10.1 Å². The van der Waals surface area contributed by atoms with E-state index in [4.69, 9.17) is 4.74 Å². The number of ether oxygens (including phenoxy) is 1. The van der Waals surface area contributed by atoms with Crippen molar-refractivity contribution in [2.75, 3.05) is 0 Å². The molecule has 0 saturated heterocycles. The van der Waals surface area contributed by atoms with E-state index in [1.54, 1.807) is 6.08 Å². The number of nitrogens with one attached hydrogen (secondary N) is 1. The second-order valence-electron chi connectivity index (χ2n) is 7.34. The molecule has 4 nitrogen and oxygen atoms in total. The summed E-state index contributed by atoms with van der Waals surface area (Å²) in [6.45, 7) is 3.92. The second-order valence-corrected chi connectivity index (χ2v) is 7.34. The van der Waals surface area contributed by atoms with Crippen LogP contribution in [-0.2, 0) is 4.79 Å². The lowest BCUT2D eigenvalue weighted by atomic mass is 9.95. The van der Waals surface area contributed by atoms with Gasteiger partial charge in [0.25, 0.3) is 5.91 Å². The predicted octanol–water partition coefficient (Wildman–Crippen LogP) is 4.98. The largest absolute Gasteiger partial charge is 0.490 e. The van der Waals surface area contributed by atoms with Crippen molar-refractivity contribution in [3.63, 3.8) is 0 Å². The summed E-state index contributed by atoms with van der Waals surface area (Å²) in [6.07, 6.45) is 7.12. The predicted molar refractivity (Wildman–Crippen MR) is 108 cm³/mol. The van der Waals surface area contributed by atoms with Crippen LogP contribution in [0.5, 0.6) is 5.75 Å². The second kappa shape index (κ2) is 8.73. The van der Waals surface area contributed by atoms with Gasteiger partial charge in [-0.1, -0.05) is 49.6 Å². The van der Waals surface area contributed by atoms with Crippen LogP contribution in [0.25, 0.3) is 16.8 Å². The number of fused-ring (bicyclic) bond motifs is 1. The van der Waals surface area contributed by atoms with Crippen molar-refractivity contribution in [3.05, 3.63) is 47.5 Å². The third kappa shape index (κ3) is 4.68. The highest BCUT2D eigenvalue weighted by Crippen LogP contribution is 2.31. The summed E-state index contributed by atoms with van der Waals surface area (Å²) < 4.78 is 5.94. The number of carbonyl (C=O) groups is 1. The average Bonchev–Trinajstić information content (AvgIpc) is 2.67. The standard InChI is InChI=1S/C23H26N2O2/c1-16(2)27-22-13-12-17-8-6-7-11-20(17)21(22)14-18(15-24)23(26)25-19-9-4-3-5-10-19/h6-8,11-14,16,19H,3-5,9-10H2,1-2H3,(H,25,26). The van der Waals surface area contributed by atoms with Crippen LogP contribution < -0.4 is 10.1 Å². The Morgan fingerprint density at radius 3 is 2.63 bits per heavy atom. The lowest BCUT2D eigenvalue weighted by Gasteiger charge is -2.22. The smallest absolute Gasteiger partial charge is 0.262 e. The molecule has 2 aromatic carbocycles. The maximum absolute atomic E-state index is 12.7. The van der Waals surface area contributed by atoms with E-state index in [1.165, 1.54) is 6.42 Å². The normalized spacial score (nSPS) is 15.6. The van der Waals surface area contributed by atoms with Crippen molar-refractivity contribution in [2.24, 2.45) is 0 Å². The molecular weight excluding hydrogens is 336 g/mol. The summed E-state index contributed by atoms with van der Waals surface area (Å²) in [7, 11) is 0. The minimum atomic E-state index is -0.298. The summed E-state index contributed by atoms with van der Waals surface area (Å²) in [4.78, 5) is 12.7. The number of nitrogens with zero attached hydrogens (tertiary/aromatic N) is 1. The van der Waals surface area contributed by atoms with Gasteiger partial charge >= 0.3 is 0 Å². The minimum Gasteiger partial charge on any atom is -0.490 e. The number of amides is 1. The van der Waals surface area contributed by atoms with Crippen molar-refractivity contribution in [3.8, 4) is 11.8 Å². The molecule has 0 spiro atoms. The fourth-order valence-corrected chi connectivity index (χ4v) is 3.58. The zero-order chi connectivity index (χ0) is 19.2. The van der Waals surface area contributed by atoms with Gasteiger partial charge in [-0.05, 0) is 49.6 Å². The highest BCUT2D eigenvalue weighted by molar-refractivity contribution is 6.05. The quantitative estimate of drug-likeness (QED) is 0.602. The maximum atomic E-state index is 12.7. The molecule has 4 heteroatoms. The molecule has 0 bridgehead atoms. The Hall–Kier alpha value is -2.80. The average molecular weight is 362 g/mol. The number of rotatable bonds is 5. The van der Waals surface area contributed by atoms with Crippen molar-refractivity contribution < 1.29 is 9.53 Å². The Labute approximate surface area is 160 Å². The molecule has 2 aromatic rings. The first-order chi connectivity index (χ1) is 13.1. The highest BCUT2D eigenvalue weighted by atomic mass is 16.5. The molecule has 0 unspecified atom stereocenters. The number of hydrogen-bond donors (Lipinski definition) is 1. The minimum absolute atomic E-state index is 0.0000803. The zero-order valence-electron chi connectivity index (χ0n) is 16.0. The van der Waals surface area contributed by atoms with E-state index in [1.807, 2.05) is 50.2 Å². The highest BCUT2D eigenvalue weighted by Gasteiger charge is 2.19. The van der Waals surface area contributed by atoms with Crippen LogP contribution in [-0.4, -0.2) is 18.1 Å². The van der Waals surface area contributed by atoms with Gasteiger partial charge in [0.2, 0.25) is 0 Å². The van der Waals surface area contributed by atoms with Gasteiger partial charge in [0, 0.05) is 11.6 Å². The Morgan fingerprint density at radius 2 is 1.93 bits per heavy atom. The first kappa shape index (κ1) is 19.0. The van der Waals surface area contributed by atoms with Crippen LogP contribution in [0.3, 0.4) is 0 Å². The maximum Gasteiger partial charge on any atom is 0.262 e. The number of hydrogen-bond acceptors (Lipinski definition) is 3. The lowest BCUT2D eigenvalue weighted by Crippen LogP contribution is -2.36. The van der Waals surface area contributed by atoms with Gasteiger partial charge in [0.15, 0.2) is 0 Å². The number of nitriles is 1. The van der Waals surface area contributed by atoms with Gasteiger partial charge in [-0.25, -0.2) is 0 Å². The molecule has 1 aliphatic rings. The topological polar surface area (TPSA) is 62.1 Å². The molecule has 1 aliphatic carbocycles. The lowest BCUT2D eigenvalue weighted by molar-refractivity contribution is -0.117. The van der Waals surface area contributed by atoms with Gasteiger partial charge in [0.05, 0.1) is 6.10 Å². The molecule has 0 atom stereocenters. The zero-order valence-corrected chi connectivity index (χ0v) is 16.0. The van der Waals surface area contributed by atoms with Crippen LogP contribution in [0.4, 0.5) is 0 Å². The molecule has 0 aromatic heterocycles. The molecule has 0 aliphatic heterocycles. The number of carbonyl (C=O) groups excluding carboxylic acids is 1. The molecule has 140 valence electrons. The van der Waals surface area contributed by atoms with Crippen molar-refractivity contribution >= 4 is 22.8 Å². The van der Waals surface area contributed by atoms with Crippen molar-refractivity contribution in [1.82, 2.24) is 5.32 Å².